The van der Waals surface area contributed by atoms with E-state index < -0.39 is 5.97 Å². The Bertz CT molecular complexity index is 1520. The van der Waals surface area contributed by atoms with Crippen LogP contribution in [0.25, 0.3) is 27.8 Å². The number of aryl methyl sites for hydroxylation is 1. The van der Waals surface area contributed by atoms with Crippen molar-refractivity contribution in [3.05, 3.63) is 83.2 Å². The first-order valence-corrected chi connectivity index (χ1v) is 14.3. The molecule has 1 aromatic heterocycles. The number of amidine groups is 1. The zero-order chi connectivity index (χ0) is 27.4. The highest BCUT2D eigenvalue weighted by Gasteiger charge is 2.22. The van der Waals surface area contributed by atoms with Crippen LogP contribution in [0.15, 0.2) is 65.7 Å². The Hall–Kier alpha value is -3.93. The van der Waals surface area contributed by atoms with Gasteiger partial charge in [-0.2, -0.15) is 0 Å². The molecule has 0 spiro atoms. The molecule has 0 saturated heterocycles. The average molecular weight is 523 g/mol. The predicted octanol–water partition coefficient (Wildman–Crippen LogP) is 7.29. The fourth-order valence-electron chi connectivity index (χ4n) is 5.69. The van der Waals surface area contributed by atoms with Crippen LogP contribution in [-0.2, 0) is 6.42 Å². The summed E-state index contributed by atoms with van der Waals surface area (Å²) in [5.74, 6) is 1.18. The molecule has 3 aromatic carbocycles. The molecule has 0 aliphatic carbocycles. The van der Waals surface area contributed by atoms with Crippen LogP contribution in [0.5, 0.6) is 0 Å². The topological polar surface area (TPSA) is 70.7 Å². The van der Waals surface area contributed by atoms with Crippen molar-refractivity contribution < 1.29 is 9.90 Å². The van der Waals surface area contributed by atoms with Crippen LogP contribution >= 0.6 is 0 Å². The molecule has 0 amide bonds. The minimum atomic E-state index is -0.920. The molecule has 202 valence electrons. The Morgan fingerprint density at radius 1 is 0.949 bits per heavy atom. The van der Waals surface area contributed by atoms with Gasteiger partial charge >= 0.3 is 5.97 Å². The zero-order valence-electron chi connectivity index (χ0n) is 23.3. The Kier molecular flexibility index (Phi) is 8.10. The minimum absolute atomic E-state index is 0.308. The first-order chi connectivity index (χ1) is 19.0. The molecule has 0 atom stereocenters. The van der Waals surface area contributed by atoms with E-state index in [1.165, 1.54) is 25.7 Å². The van der Waals surface area contributed by atoms with Crippen molar-refractivity contribution in [2.24, 2.45) is 4.99 Å². The predicted molar refractivity (Wildman–Crippen MR) is 159 cm³/mol. The molecule has 0 radical (unpaired) electrons. The van der Waals surface area contributed by atoms with E-state index in [2.05, 4.69) is 54.5 Å². The third-order valence-electron chi connectivity index (χ3n) is 7.66. The molecule has 6 heteroatoms. The number of rotatable bonds is 11. The van der Waals surface area contributed by atoms with Gasteiger partial charge in [0.15, 0.2) is 0 Å². The van der Waals surface area contributed by atoms with E-state index in [-0.39, 0.29) is 0 Å². The number of aliphatic imine (C=N–C) groups is 1. The van der Waals surface area contributed by atoms with Gasteiger partial charge in [0.25, 0.3) is 0 Å². The summed E-state index contributed by atoms with van der Waals surface area (Å²) in [5.41, 5.74) is 7.17. The molecule has 1 N–H and O–H groups in total. The molecule has 6 nitrogen and oxygen atoms in total. The van der Waals surface area contributed by atoms with Gasteiger partial charge in [0, 0.05) is 25.1 Å². The lowest BCUT2D eigenvalue weighted by atomic mass is 9.95. The number of aromatic nitrogens is 2. The highest BCUT2D eigenvalue weighted by molar-refractivity contribution is 6.02. The lowest BCUT2D eigenvalue weighted by molar-refractivity contribution is 0.0697. The number of imidazole rings is 1. The number of unbranched alkanes of at least 4 members (excludes halogenated alkanes) is 3. The number of nitrogens with zero attached hydrogens (tertiary/aromatic N) is 4. The summed E-state index contributed by atoms with van der Waals surface area (Å²) in [6, 6.07) is 19.9. The van der Waals surface area contributed by atoms with E-state index in [0.717, 1.165) is 83.1 Å². The van der Waals surface area contributed by atoms with Crippen molar-refractivity contribution in [2.45, 2.75) is 59.3 Å². The Morgan fingerprint density at radius 3 is 2.56 bits per heavy atom. The van der Waals surface area contributed by atoms with E-state index >= 15 is 0 Å². The fourth-order valence-corrected chi connectivity index (χ4v) is 5.69. The molecule has 5 rings (SSSR count). The van der Waals surface area contributed by atoms with Gasteiger partial charge in [-0.15, -0.1) is 0 Å². The van der Waals surface area contributed by atoms with Crippen LogP contribution in [0.3, 0.4) is 0 Å². The van der Waals surface area contributed by atoms with Gasteiger partial charge in [-0.3, -0.25) is 9.56 Å². The van der Waals surface area contributed by atoms with E-state index in [9.17, 15) is 9.90 Å². The van der Waals surface area contributed by atoms with E-state index in [0.29, 0.717) is 5.56 Å². The van der Waals surface area contributed by atoms with Crippen molar-refractivity contribution in [3.63, 3.8) is 0 Å². The third-order valence-corrected chi connectivity index (χ3v) is 7.66. The van der Waals surface area contributed by atoms with Crippen LogP contribution in [0, 0.1) is 6.92 Å². The molecule has 1 aliphatic heterocycles. The van der Waals surface area contributed by atoms with Crippen molar-refractivity contribution in [1.82, 2.24) is 14.5 Å². The van der Waals surface area contributed by atoms with E-state index in [1.807, 2.05) is 24.3 Å². The van der Waals surface area contributed by atoms with Crippen molar-refractivity contribution >= 4 is 22.8 Å². The van der Waals surface area contributed by atoms with Gasteiger partial charge in [-0.25, -0.2) is 9.78 Å². The molecule has 0 bridgehead atoms. The molecule has 0 fully saturated rings. The summed E-state index contributed by atoms with van der Waals surface area (Å²) in [4.78, 5) is 24.4. The lowest BCUT2D eigenvalue weighted by Crippen LogP contribution is -2.29. The standard InChI is InChI=1S/C33H38N4O2/c1-4-6-7-10-20-36-21-19-34-32(36)24-17-18-28-30(22-24)37(31(35-28)12-5-2)29-16-11-15-25(23(29)3)26-13-8-9-14-27(26)33(38)39/h8-9,11,13-18,22H,4-7,10,12,19-21H2,1-3H3,(H,38,39). The number of benzene rings is 3. The summed E-state index contributed by atoms with van der Waals surface area (Å²) >= 11 is 0. The number of hydrogen-bond acceptors (Lipinski definition) is 4. The highest BCUT2D eigenvalue weighted by atomic mass is 16.4. The van der Waals surface area contributed by atoms with Crippen LogP contribution < -0.4 is 0 Å². The van der Waals surface area contributed by atoms with Crippen LogP contribution in [-0.4, -0.2) is 51.0 Å². The highest BCUT2D eigenvalue weighted by Crippen LogP contribution is 2.33. The summed E-state index contributed by atoms with van der Waals surface area (Å²) in [6.07, 6.45) is 6.80. The number of fused-ring (bicyclic) bond motifs is 1. The molecular formula is C33H38N4O2. The Morgan fingerprint density at radius 2 is 1.77 bits per heavy atom. The second-order valence-corrected chi connectivity index (χ2v) is 10.4. The van der Waals surface area contributed by atoms with Gasteiger partial charge in [0.05, 0.1) is 28.8 Å². The number of carboxylic acids is 1. The van der Waals surface area contributed by atoms with Crippen molar-refractivity contribution in [2.75, 3.05) is 19.6 Å². The smallest absolute Gasteiger partial charge is 0.336 e. The number of carboxylic acid groups (broad SMARTS) is 1. The molecule has 39 heavy (non-hydrogen) atoms. The summed E-state index contributed by atoms with van der Waals surface area (Å²) < 4.78 is 2.27. The first kappa shape index (κ1) is 26.7. The summed E-state index contributed by atoms with van der Waals surface area (Å²) in [6.45, 7) is 9.35. The van der Waals surface area contributed by atoms with Gasteiger partial charge in [-0.05, 0) is 66.8 Å². The second kappa shape index (κ2) is 11.9. The molecule has 1 aliphatic rings. The van der Waals surface area contributed by atoms with Gasteiger partial charge in [0.2, 0.25) is 0 Å². The molecule has 0 unspecified atom stereocenters. The number of aromatic carboxylic acids is 1. The largest absolute Gasteiger partial charge is 0.478 e. The second-order valence-electron chi connectivity index (χ2n) is 10.4. The van der Waals surface area contributed by atoms with Crippen LogP contribution in [0.1, 0.15) is 73.3 Å². The molecular weight excluding hydrogens is 484 g/mol. The molecule has 0 saturated carbocycles. The van der Waals surface area contributed by atoms with Gasteiger partial charge in [-0.1, -0.05) is 63.4 Å². The van der Waals surface area contributed by atoms with Crippen LogP contribution in [0.4, 0.5) is 0 Å². The maximum atomic E-state index is 12.0. The normalized spacial score (nSPS) is 13.3. The monoisotopic (exact) mass is 522 g/mol. The Balaban J connectivity index is 1.60. The van der Waals surface area contributed by atoms with Crippen molar-refractivity contribution in [1.29, 1.82) is 0 Å². The lowest BCUT2D eigenvalue weighted by Gasteiger charge is -2.21. The third kappa shape index (κ3) is 5.33. The quantitative estimate of drug-likeness (QED) is 0.210. The van der Waals surface area contributed by atoms with Crippen LogP contribution in [0.2, 0.25) is 0 Å². The molecule has 4 aromatic rings. The van der Waals surface area contributed by atoms with Gasteiger partial charge < -0.3 is 10.0 Å². The van der Waals surface area contributed by atoms with Gasteiger partial charge in [0.1, 0.15) is 11.7 Å². The first-order valence-electron chi connectivity index (χ1n) is 14.3. The van der Waals surface area contributed by atoms with Crippen molar-refractivity contribution in [3.8, 4) is 16.8 Å². The average Bonchev–Trinajstić information content (AvgIpc) is 3.55. The number of hydrogen-bond donors (Lipinski definition) is 1. The molecule has 2 heterocycles. The van der Waals surface area contributed by atoms with E-state index in [1.54, 1.807) is 12.1 Å². The minimum Gasteiger partial charge on any atom is -0.478 e. The SMILES string of the molecule is CCCCCCN1CCN=C1c1ccc2nc(CCC)n(-c3cccc(-c4ccccc4C(=O)O)c3C)c2c1. The van der Waals surface area contributed by atoms with E-state index in [4.69, 9.17) is 9.98 Å². The summed E-state index contributed by atoms with van der Waals surface area (Å²) in [7, 11) is 0. The fraction of sp³-hybridized carbons (Fsp3) is 0.364. The maximum Gasteiger partial charge on any atom is 0.336 e. The zero-order valence-corrected chi connectivity index (χ0v) is 23.3. The number of carbonyl (C=O) groups is 1. The Labute approximate surface area is 231 Å². The summed E-state index contributed by atoms with van der Waals surface area (Å²) in [5, 5.41) is 9.83. The maximum absolute atomic E-state index is 12.0.